The third-order valence-corrected chi connectivity index (χ3v) is 3.37. The van der Waals surface area contributed by atoms with Gasteiger partial charge in [0.15, 0.2) is 0 Å². The third kappa shape index (κ3) is 3.46. The fraction of sp³-hybridized carbons (Fsp3) is 0.667. The van der Waals surface area contributed by atoms with E-state index < -0.39 is 5.97 Å². The number of aliphatic carboxylic acids is 1. The molecule has 5 nitrogen and oxygen atoms in total. The van der Waals surface area contributed by atoms with E-state index in [0.717, 1.165) is 11.4 Å². The van der Waals surface area contributed by atoms with Gasteiger partial charge in [-0.1, -0.05) is 11.6 Å². The lowest BCUT2D eigenvalue weighted by Crippen LogP contribution is -2.44. The summed E-state index contributed by atoms with van der Waals surface area (Å²) < 4.78 is 1.71. The summed E-state index contributed by atoms with van der Waals surface area (Å²) in [7, 11) is 1.82. The molecule has 0 saturated carbocycles. The number of carbonyl (C=O) groups is 1. The Kier molecular flexibility index (Phi) is 4.40. The largest absolute Gasteiger partial charge is 0.480 e. The maximum absolute atomic E-state index is 10.9. The predicted octanol–water partition coefficient (Wildman–Crippen LogP) is 2.07. The highest BCUT2D eigenvalue weighted by Crippen LogP contribution is 2.24. The zero-order valence-corrected chi connectivity index (χ0v) is 12.2. The van der Waals surface area contributed by atoms with Crippen LogP contribution in [0.25, 0.3) is 0 Å². The van der Waals surface area contributed by atoms with Crippen LogP contribution < -0.4 is 0 Å². The van der Waals surface area contributed by atoms with Crippen molar-refractivity contribution in [3.63, 3.8) is 0 Å². The molecule has 0 saturated heterocycles. The van der Waals surface area contributed by atoms with Gasteiger partial charge in [0.05, 0.1) is 23.0 Å². The number of halogens is 1. The Hall–Kier alpha value is -1.07. The van der Waals surface area contributed by atoms with E-state index >= 15 is 0 Å². The highest BCUT2D eigenvalue weighted by Gasteiger charge is 2.26. The molecule has 1 aromatic heterocycles. The van der Waals surface area contributed by atoms with Crippen LogP contribution in [0.2, 0.25) is 5.02 Å². The number of nitrogens with zero attached hydrogens (tertiary/aromatic N) is 3. The minimum absolute atomic E-state index is 0.0238. The van der Waals surface area contributed by atoms with Crippen molar-refractivity contribution < 1.29 is 9.90 Å². The number of carboxylic acid groups (broad SMARTS) is 1. The lowest BCUT2D eigenvalue weighted by Gasteiger charge is -2.34. The number of aromatic nitrogens is 2. The third-order valence-electron chi connectivity index (χ3n) is 2.88. The molecule has 0 aliphatic heterocycles. The Labute approximate surface area is 112 Å². The number of carboxylic acids is 1. The molecule has 0 bridgehead atoms. The SMILES string of the molecule is Cc1nn(C)c(CN(CC(=O)O)C(C)(C)C)c1Cl. The molecule has 0 atom stereocenters. The van der Waals surface area contributed by atoms with Crippen LogP contribution in [-0.4, -0.2) is 37.8 Å². The first-order chi connectivity index (χ1) is 8.12. The monoisotopic (exact) mass is 273 g/mol. The van der Waals surface area contributed by atoms with Crippen molar-refractivity contribution in [1.29, 1.82) is 0 Å². The van der Waals surface area contributed by atoms with E-state index in [9.17, 15) is 4.79 Å². The van der Waals surface area contributed by atoms with Crippen molar-refractivity contribution in [1.82, 2.24) is 14.7 Å². The summed E-state index contributed by atoms with van der Waals surface area (Å²) in [4.78, 5) is 12.8. The predicted molar refractivity (Wildman–Crippen MR) is 70.8 cm³/mol. The van der Waals surface area contributed by atoms with Crippen LogP contribution in [0, 0.1) is 6.92 Å². The minimum Gasteiger partial charge on any atom is -0.480 e. The Morgan fingerprint density at radius 2 is 2.06 bits per heavy atom. The summed E-state index contributed by atoms with van der Waals surface area (Å²) in [6, 6.07) is 0. The maximum Gasteiger partial charge on any atom is 0.317 e. The first-order valence-electron chi connectivity index (χ1n) is 5.77. The van der Waals surface area contributed by atoms with Crippen molar-refractivity contribution in [3.05, 3.63) is 16.4 Å². The van der Waals surface area contributed by atoms with Crippen LogP contribution in [0.5, 0.6) is 0 Å². The van der Waals surface area contributed by atoms with Gasteiger partial charge in [0.2, 0.25) is 0 Å². The molecule has 0 unspecified atom stereocenters. The lowest BCUT2D eigenvalue weighted by molar-refractivity contribution is -0.140. The number of rotatable bonds is 4. The average Bonchev–Trinajstić information content (AvgIpc) is 2.41. The summed E-state index contributed by atoms with van der Waals surface area (Å²) in [6.07, 6.45) is 0. The Bertz CT molecular complexity index is 449. The second-order valence-corrected chi connectivity index (χ2v) is 5.77. The Balaban J connectivity index is 3.00. The van der Waals surface area contributed by atoms with Gasteiger partial charge in [-0.15, -0.1) is 0 Å². The number of hydrogen-bond acceptors (Lipinski definition) is 3. The molecule has 0 aliphatic rings. The van der Waals surface area contributed by atoms with Crippen LogP contribution in [0.15, 0.2) is 0 Å². The smallest absolute Gasteiger partial charge is 0.317 e. The van der Waals surface area contributed by atoms with Gasteiger partial charge in [-0.3, -0.25) is 14.4 Å². The summed E-state index contributed by atoms with van der Waals surface area (Å²) in [5.74, 6) is -0.847. The molecule has 1 N–H and O–H groups in total. The molecule has 0 aliphatic carbocycles. The quantitative estimate of drug-likeness (QED) is 0.912. The molecule has 0 amide bonds. The highest BCUT2D eigenvalue weighted by molar-refractivity contribution is 6.31. The van der Waals surface area contributed by atoms with Gasteiger partial charge >= 0.3 is 5.97 Å². The van der Waals surface area contributed by atoms with Crippen LogP contribution in [-0.2, 0) is 18.4 Å². The van der Waals surface area contributed by atoms with E-state index in [1.807, 2.05) is 39.6 Å². The van der Waals surface area contributed by atoms with Crippen molar-refractivity contribution in [2.24, 2.45) is 7.05 Å². The molecule has 6 heteroatoms. The van der Waals surface area contributed by atoms with Gasteiger partial charge in [0, 0.05) is 19.1 Å². The van der Waals surface area contributed by atoms with Gasteiger partial charge in [-0.25, -0.2) is 0 Å². The fourth-order valence-electron chi connectivity index (χ4n) is 1.73. The van der Waals surface area contributed by atoms with Crippen LogP contribution >= 0.6 is 11.6 Å². The van der Waals surface area contributed by atoms with E-state index in [-0.39, 0.29) is 12.1 Å². The molecule has 1 heterocycles. The molecule has 1 aromatic rings. The molecule has 0 aromatic carbocycles. The lowest BCUT2D eigenvalue weighted by atomic mass is 10.1. The minimum atomic E-state index is -0.847. The van der Waals surface area contributed by atoms with Crippen molar-refractivity contribution >= 4 is 17.6 Å². The van der Waals surface area contributed by atoms with Crippen LogP contribution in [0.1, 0.15) is 32.2 Å². The summed E-state index contributed by atoms with van der Waals surface area (Å²) in [6.45, 7) is 8.22. The van der Waals surface area contributed by atoms with E-state index in [0.29, 0.717) is 11.6 Å². The maximum atomic E-state index is 10.9. The van der Waals surface area contributed by atoms with Crippen LogP contribution in [0.3, 0.4) is 0 Å². The topological polar surface area (TPSA) is 58.4 Å². The average molecular weight is 274 g/mol. The highest BCUT2D eigenvalue weighted by atomic mass is 35.5. The van der Waals surface area contributed by atoms with Crippen molar-refractivity contribution in [3.8, 4) is 0 Å². The van der Waals surface area contributed by atoms with Gasteiger partial charge in [-0.05, 0) is 27.7 Å². The van der Waals surface area contributed by atoms with Crippen molar-refractivity contribution in [2.45, 2.75) is 39.8 Å². The normalized spacial score (nSPS) is 12.2. The molecule has 0 radical (unpaired) electrons. The van der Waals surface area contributed by atoms with Gasteiger partial charge in [0.25, 0.3) is 0 Å². The molecule has 0 spiro atoms. The molecular weight excluding hydrogens is 254 g/mol. The molecule has 0 fully saturated rings. The first kappa shape index (κ1) is 15.0. The fourth-order valence-corrected chi connectivity index (χ4v) is 1.95. The number of hydrogen-bond donors (Lipinski definition) is 1. The zero-order chi connectivity index (χ0) is 14.1. The second kappa shape index (κ2) is 5.28. The van der Waals surface area contributed by atoms with Crippen molar-refractivity contribution in [2.75, 3.05) is 6.54 Å². The molecule has 1 rings (SSSR count). The van der Waals surface area contributed by atoms with E-state index in [1.54, 1.807) is 4.68 Å². The Morgan fingerprint density at radius 3 is 2.39 bits per heavy atom. The summed E-state index contributed by atoms with van der Waals surface area (Å²) in [5, 5.41) is 13.8. The van der Waals surface area contributed by atoms with Gasteiger partial charge in [-0.2, -0.15) is 5.10 Å². The van der Waals surface area contributed by atoms with Gasteiger partial charge in [0.1, 0.15) is 0 Å². The second-order valence-electron chi connectivity index (χ2n) is 5.39. The molecule has 18 heavy (non-hydrogen) atoms. The van der Waals surface area contributed by atoms with E-state index in [4.69, 9.17) is 16.7 Å². The van der Waals surface area contributed by atoms with Gasteiger partial charge < -0.3 is 5.11 Å². The molecule has 102 valence electrons. The molecular formula is C12H20ClN3O2. The van der Waals surface area contributed by atoms with E-state index in [1.165, 1.54) is 0 Å². The first-order valence-corrected chi connectivity index (χ1v) is 6.15. The zero-order valence-electron chi connectivity index (χ0n) is 11.5. The Morgan fingerprint density at radius 1 is 1.50 bits per heavy atom. The van der Waals surface area contributed by atoms with E-state index in [2.05, 4.69) is 5.10 Å². The van der Waals surface area contributed by atoms with Crippen LogP contribution in [0.4, 0.5) is 0 Å². The summed E-state index contributed by atoms with van der Waals surface area (Å²) >= 11 is 6.19. The number of aryl methyl sites for hydroxylation is 2. The standard InChI is InChI=1S/C12H20ClN3O2/c1-8-11(13)9(15(5)14-8)6-16(7-10(17)18)12(2,3)4/h6-7H2,1-5H3,(H,17,18). The summed E-state index contributed by atoms with van der Waals surface area (Å²) in [5.41, 5.74) is 1.35.